The number of hydrogen-bond donors (Lipinski definition) is 2. The van der Waals surface area contributed by atoms with Gasteiger partial charge < -0.3 is 5.73 Å². The summed E-state index contributed by atoms with van der Waals surface area (Å²) in [5.74, 6) is 0.886. The molecule has 1 heterocycles. The highest BCUT2D eigenvalue weighted by Gasteiger charge is 2.27. The lowest BCUT2D eigenvalue weighted by Gasteiger charge is -2.18. The minimum Gasteiger partial charge on any atom is -0.351 e. The Kier molecular flexibility index (Phi) is 3.21. The van der Waals surface area contributed by atoms with Gasteiger partial charge in [0.25, 0.3) is 0 Å². The number of rotatable bonds is 4. The summed E-state index contributed by atoms with van der Waals surface area (Å²) in [6.07, 6.45) is 2.27. The first kappa shape index (κ1) is 13.4. The molecule has 1 aromatic carbocycles. The SMILES string of the molecule is CC(=O)c1cccc(N(C(N)=O)c2cc(C3CC3)[nH]n2)c1. The lowest BCUT2D eigenvalue weighted by Crippen LogP contribution is -2.31. The van der Waals surface area contributed by atoms with Crippen LogP contribution in [-0.4, -0.2) is 22.0 Å². The molecule has 1 saturated carbocycles. The van der Waals surface area contributed by atoms with E-state index in [4.69, 9.17) is 5.73 Å². The number of amides is 2. The number of aromatic amines is 1. The van der Waals surface area contributed by atoms with Crippen molar-refractivity contribution < 1.29 is 9.59 Å². The van der Waals surface area contributed by atoms with Crippen LogP contribution in [0.4, 0.5) is 16.3 Å². The summed E-state index contributed by atoms with van der Waals surface area (Å²) >= 11 is 0. The summed E-state index contributed by atoms with van der Waals surface area (Å²) in [4.78, 5) is 24.6. The third kappa shape index (κ3) is 2.65. The summed E-state index contributed by atoms with van der Waals surface area (Å²) in [5.41, 5.74) is 7.55. The highest BCUT2D eigenvalue weighted by molar-refractivity contribution is 6.00. The first-order chi connectivity index (χ1) is 10.1. The Bertz CT molecular complexity index is 703. The van der Waals surface area contributed by atoms with E-state index in [1.165, 1.54) is 11.8 Å². The molecule has 1 fully saturated rings. The van der Waals surface area contributed by atoms with Gasteiger partial charge in [-0.25, -0.2) is 9.69 Å². The molecule has 0 aliphatic heterocycles. The second-order valence-corrected chi connectivity index (χ2v) is 5.24. The van der Waals surface area contributed by atoms with E-state index in [1.54, 1.807) is 24.3 Å². The van der Waals surface area contributed by atoms with E-state index >= 15 is 0 Å². The number of aromatic nitrogens is 2. The predicted molar refractivity (Wildman–Crippen MR) is 78.7 cm³/mol. The van der Waals surface area contributed by atoms with E-state index in [1.807, 2.05) is 6.07 Å². The molecule has 2 amide bonds. The van der Waals surface area contributed by atoms with Crippen molar-refractivity contribution in [3.05, 3.63) is 41.6 Å². The van der Waals surface area contributed by atoms with Gasteiger partial charge in [0.05, 0.1) is 5.69 Å². The number of carbonyl (C=O) groups is 2. The van der Waals surface area contributed by atoms with Gasteiger partial charge >= 0.3 is 6.03 Å². The van der Waals surface area contributed by atoms with E-state index in [-0.39, 0.29) is 5.78 Å². The van der Waals surface area contributed by atoms with Crippen molar-refractivity contribution in [2.45, 2.75) is 25.7 Å². The van der Waals surface area contributed by atoms with Crippen LogP contribution in [0.5, 0.6) is 0 Å². The van der Waals surface area contributed by atoms with E-state index in [9.17, 15) is 9.59 Å². The third-order valence-corrected chi connectivity index (χ3v) is 3.56. The van der Waals surface area contributed by atoms with Gasteiger partial charge in [0.2, 0.25) is 0 Å². The van der Waals surface area contributed by atoms with Crippen LogP contribution < -0.4 is 10.6 Å². The summed E-state index contributed by atoms with van der Waals surface area (Å²) in [7, 11) is 0. The standard InChI is InChI=1S/C15H16N4O2/c1-9(20)11-3-2-4-12(7-11)19(15(16)21)14-8-13(17-18-14)10-5-6-10/h2-4,7-8,10H,5-6H2,1H3,(H2,16,21)(H,17,18). The molecule has 2 aromatic rings. The van der Waals surface area contributed by atoms with Crippen LogP contribution in [0.2, 0.25) is 0 Å². The molecule has 3 rings (SSSR count). The zero-order valence-corrected chi connectivity index (χ0v) is 11.7. The van der Waals surface area contributed by atoms with Gasteiger partial charge in [-0.3, -0.25) is 9.89 Å². The third-order valence-electron chi connectivity index (χ3n) is 3.56. The Morgan fingerprint density at radius 1 is 1.33 bits per heavy atom. The van der Waals surface area contributed by atoms with Crippen LogP contribution in [0.25, 0.3) is 0 Å². The first-order valence-electron chi connectivity index (χ1n) is 6.82. The van der Waals surface area contributed by atoms with Gasteiger partial charge in [0.15, 0.2) is 11.6 Å². The molecule has 0 radical (unpaired) electrons. The fourth-order valence-corrected chi connectivity index (χ4v) is 2.28. The van der Waals surface area contributed by atoms with Crippen LogP contribution in [0, 0.1) is 0 Å². The number of primary amides is 1. The Morgan fingerprint density at radius 2 is 2.10 bits per heavy atom. The molecule has 0 spiro atoms. The summed E-state index contributed by atoms with van der Waals surface area (Å²) in [6.45, 7) is 1.48. The molecule has 1 aromatic heterocycles. The monoisotopic (exact) mass is 284 g/mol. The van der Waals surface area contributed by atoms with Gasteiger partial charge in [-0.1, -0.05) is 12.1 Å². The number of nitrogens with zero attached hydrogens (tertiary/aromatic N) is 2. The maximum absolute atomic E-state index is 11.8. The van der Waals surface area contributed by atoms with Crippen molar-refractivity contribution in [3.63, 3.8) is 0 Å². The molecule has 108 valence electrons. The summed E-state index contributed by atoms with van der Waals surface area (Å²) < 4.78 is 0. The second kappa shape index (κ2) is 5.05. The van der Waals surface area contributed by atoms with Crippen LogP contribution in [0.1, 0.15) is 41.7 Å². The summed E-state index contributed by atoms with van der Waals surface area (Å²) in [5, 5.41) is 7.11. The zero-order valence-electron chi connectivity index (χ0n) is 11.7. The van der Waals surface area contributed by atoms with Gasteiger partial charge in [0.1, 0.15) is 0 Å². The predicted octanol–water partition coefficient (Wildman–Crippen LogP) is 2.71. The van der Waals surface area contributed by atoms with Gasteiger partial charge in [-0.2, -0.15) is 5.10 Å². The lowest BCUT2D eigenvalue weighted by molar-refractivity contribution is 0.101. The quantitative estimate of drug-likeness (QED) is 0.845. The average molecular weight is 284 g/mol. The van der Waals surface area contributed by atoms with E-state index < -0.39 is 6.03 Å². The number of ketones is 1. The molecule has 6 nitrogen and oxygen atoms in total. The maximum Gasteiger partial charge on any atom is 0.325 e. The highest BCUT2D eigenvalue weighted by atomic mass is 16.2. The summed E-state index contributed by atoms with van der Waals surface area (Å²) in [6, 6.07) is 7.98. The number of urea groups is 1. The van der Waals surface area contributed by atoms with Crippen LogP contribution in [-0.2, 0) is 0 Å². The van der Waals surface area contributed by atoms with Crippen molar-refractivity contribution in [3.8, 4) is 0 Å². The molecule has 21 heavy (non-hydrogen) atoms. The van der Waals surface area contributed by atoms with E-state index in [0.717, 1.165) is 18.5 Å². The van der Waals surface area contributed by atoms with Gasteiger partial charge in [-0.05, 0) is 31.9 Å². The molecular formula is C15H16N4O2. The Morgan fingerprint density at radius 3 is 2.71 bits per heavy atom. The number of carbonyl (C=O) groups excluding carboxylic acids is 2. The Balaban J connectivity index is 1.98. The molecule has 1 aliphatic rings. The first-order valence-corrected chi connectivity index (χ1v) is 6.82. The largest absolute Gasteiger partial charge is 0.351 e. The number of Topliss-reactive ketones (excluding diaryl/α,β-unsaturated/α-hetero) is 1. The minimum atomic E-state index is -0.635. The van der Waals surface area contributed by atoms with Crippen molar-refractivity contribution in [2.75, 3.05) is 4.90 Å². The number of nitrogens with one attached hydrogen (secondary N) is 1. The zero-order chi connectivity index (χ0) is 15.0. The van der Waals surface area contributed by atoms with Crippen molar-refractivity contribution >= 4 is 23.3 Å². The number of hydrogen-bond acceptors (Lipinski definition) is 3. The molecule has 0 atom stereocenters. The van der Waals surface area contributed by atoms with Crippen LogP contribution >= 0.6 is 0 Å². The number of benzene rings is 1. The van der Waals surface area contributed by atoms with Gasteiger partial charge in [-0.15, -0.1) is 0 Å². The topological polar surface area (TPSA) is 92.1 Å². The normalized spacial score (nSPS) is 14.0. The highest BCUT2D eigenvalue weighted by Crippen LogP contribution is 2.40. The fourth-order valence-electron chi connectivity index (χ4n) is 2.28. The Hall–Kier alpha value is -2.63. The smallest absolute Gasteiger partial charge is 0.325 e. The van der Waals surface area contributed by atoms with Crippen LogP contribution in [0.3, 0.4) is 0 Å². The molecule has 1 aliphatic carbocycles. The van der Waals surface area contributed by atoms with Crippen molar-refractivity contribution in [1.82, 2.24) is 10.2 Å². The number of anilines is 2. The van der Waals surface area contributed by atoms with E-state index in [0.29, 0.717) is 23.0 Å². The van der Waals surface area contributed by atoms with Crippen molar-refractivity contribution in [1.29, 1.82) is 0 Å². The maximum atomic E-state index is 11.8. The van der Waals surface area contributed by atoms with E-state index in [2.05, 4.69) is 10.2 Å². The number of H-pyrrole nitrogens is 1. The van der Waals surface area contributed by atoms with Crippen LogP contribution in [0.15, 0.2) is 30.3 Å². The lowest BCUT2D eigenvalue weighted by atomic mass is 10.1. The number of nitrogens with two attached hydrogens (primary N) is 1. The minimum absolute atomic E-state index is 0.0676. The van der Waals surface area contributed by atoms with Gasteiger partial charge in [0, 0.05) is 23.2 Å². The Labute approximate surface area is 121 Å². The molecule has 3 N–H and O–H groups in total. The van der Waals surface area contributed by atoms with Crippen molar-refractivity contribution in [2.24, 2.45) is 5.73 Å². The molecular weight excluding hydrogens is 268 g/mol. The fraction of sp³-hybridized carbons (Fsp3) is 0.267. The average Bonchev–Trinajstić information content (AvgIpc) is 3.19. The molecule has 0 saturated heterocycles. The molecule has 6 heteroatoms. The molecule has 0 unspecified atom stereocenters. The second-order valence-electron chi connectivity index (χ2n) is 5.24. The molecule has 0 bridgehead atoms.